The van der Waals surface area contributed by atoms with Crippen molar-refractivity contribution >= 4 is 0 Å². The molecule has 0 aromatic carbocycles. The van der Waals surface area contributed by atoms with Gasteiger partial charge in [0.15, 0.2) is 0 Å². The van der Waals surface area contributed by atoms with Crippen molar-refractivity contribution in [3.05, 3.63) is 0 Å². The zero-order valence-corrected chi connectivity index (χ0v) is 13.0. The fourth-order valence-electron chi connectivity index (χ4n) is 2.77. The lowest BCUT2D eigenvalue weighted by atomic mass is 9.95. The van der Waals surface area contributed by atoms with Crippen LogP contribution >= 0.6 is 0 Å². The van der Waals surface area contributed by atoms with Gasteiger partial charge in [-0.25, -0.2) is 0 Å². The molecule has 1 rings (SSSR count). The van der Waals surface area contributed by atoms with Crippen molar-refractivity contribution < 1.29 is 13.2 Å². The Hall–Kier alpha value is -0.290. The Morgan fingerprint density at radius 1 is 1.25 bits per heavy atom. The number of hydrogen-bond acceptors (Lipinski definition) is 2. The van der Waals surface area contributed by atoms with Gasteiger partial charge in [0.2, 0.25) is 0 Å². The molecule has 20 heavy (non-hydrogen) atoms. The number of nitrogens with one attached hydrogen (secondary N) is 1. The summed E-state index contributed by atoms with van der Waals surface area (Å²) in [5, 5.41) is 3.38. The Morgan fingerprint density at radius 2 is 1.95 bits per heavy atom. The highest BCUT2D eigenvalue weighted by Gasteiger charge is 2.42. The Morgan fingerprint density at radius 3 is 2.55 bits per heavy atom. The molecule has 0 spiro atoms. The zero-order chi connectivity index (χ0) is 15.2. The van der Waals surface area contributed by atoms with Gasteiger partial charge in [0.25, 0.3) is 0 Å². The van der Waals surface area contributed by atoms with Gasteiger partial charge >= 0.3 is 6.18 Å². The normalized spacial score (nSPS) is 23.2. The van der Waals surface area contributed by atoms with Crippen molar-refractivity contribution in [1.29, 1.82) is 0 Å². The van der Waals surface area contributed by atoms with E-state index < -0.39 is 12.1 Å². The molecule has 2 nitrogen and oxygen atoms in total. The Labute approximate surface area is 121 Å². The van der Waals surface area contributed by atoms with Crippen molar-refractivity contribution in [3.63, 3.8) is 0 Å². The minimum atomic E-state index is -4.03. The molecule has 5 heteroatoms. The van der Waals surface area contributed by atoms with Crippen LogP contribution < -0.4 is 5.32 Å². The van der Waals surface area contributed by atoms with Gasteiger partial charge in [0, 0.05) is 12.6 Å². The molecule has 1 fully saturated rings. The van der Waals surface area contributed by atoms with Gasteiger partial charge in [-0.05, 0) is 58.2 Å². The first-order chi connectivity index (χ1) is 9.30. The van der Waals surface area contributed by atoms with E-state index in [-0.39, 0.29) is 12.6 Å². The molecule has 0 radical (unpaired) electrons. The maximum absolute atomic E-state index is 12.8. The predicted octanol–water partition coefficient (Wildman–Crippen LogP) is 3.68. The monoisotopic (exact) mass is 294 g/mol. The van der Waals surface area contributed by atoms with Gasteiger partial charge in [0.1, 0.15) is 0 Å². The van der Waals surface area contributed by atoms with E-state index in [1.165, 1.54) is 0 Å². The fourth-order valence-corrected chi connectivity index (χ4v) is 2.77. The van der Waals surface area contributed by atoms with Crippen LogP contribution in [0.15, 0.2) is 0 Å². The van der Waals surface area contributed by atoms with Crippen LogP contribution in [0.5, 0.6) is 0 Å². The zero-order valence-electron chi connectivity index (χ0n) is 13.0. The maximum Gasteiger partial charge on any atom is 0.393 e. The van der Waals surface area contributed by atoms with Crippen molar-refractivity contribution in [2.75, 3.05) is 26.2 Å². The lowest BCUT2D eigenvalue weighted by Crippen LogP contribution is -2.45. The number of piperidine rings is 1. The minimum absolute atomic E-state index is 0.185. The molecule has 1 saturated heterocycles. The van der Waals surface area contributed by atoms with Crippen LogP contribution in [-0.2, 0) is 0 Å². The third kappa shape index (κ3) is 6.44. The number of halogens is 3. The van der Waals surface area contributed by atoms with Crippen molar-refractivity contribution in [2.24, 2.45) is 11.8 Å². The molecule has 1 aliphatic rings. The predicted molar refractivity (Wildman–Crippen MR) is 76.8 cm³/mol. The average Bonchev–Trinajstić information content (AvgIpc) is 2.37. The maximum atomic E-state index is 12.8. The molecular formula is C15H29F3N2. The largest absolute Gasteiger partial charge is 0.393 e. The van der Waals surface area contributed by atoms with Crippen LogP contribution in [0.3, 0.4) is 0 Å². The second-order valence-corrected chi connectivity index (χ2v) is 6.46. The molecule has 1 N–H and O–H groups in total. The summed E-state index contributed by atoms with van der Waals surface area (Å²) in [5.41, 5.74) is 0. The first-order valence-electron chi connectivity index (χ1n) is 7.82. The second-order valence-electron chi connectivity index (χ2n) is 6.46. The summed E-state index contributed by atoms with van der Waals surface area (Å²) in [6, 6.07) is 0.251. The van der Waals surface area contributed by atoms with Crippen LogP contribution in [-0.4, -0.2) is 43.3 Å². The summed E-state index contributed by atoms with van der Waals surface area (Å²) in [4.78, 5) is 2.02. The molecule has 2 unspecified atom stereocenters. The lowest BCUT2D eigenvalue weighted by Gasteiger charge is -2.37. The Balaban J connectivity index is 2.23. The van der Waals surface area contributed by atoms with E-state index in [4.69, 9.17) is 0 Å². The number of nitrogens with zero attached hydrogens (tertiary/aromatic N) is 1. The van der Waals surface area contributed by atoms with Gasteiger partial charge in [-0.2, -0.15) is 13.2 Å². The van der Waals surface area contributed by atoms with Crippen LogP contribution in [0.4, 0.5) is 13.2 Å². The molecule has 0 amide bonds. The van der Waals surface area contributed by atoms with Crippen LogP contribution in [0.2, 0.25) is 0 Å². The highest BCUT2D eigenvalue weighted by Crippen LogP contribution is 2.33. The van der Waals surface area contributed by atoms with Crippen LogP contribution in [0.1, 0.15) is 46.5 Å². The van der Waals surface area contributed by atoms with E-state index >= 15 is 0 Å². The standard InChI is InChI=1S/C15H29F3N2/c1-12(2)10-19-8-4-6-13(3)20-9-5-7-14(11-20)15(16,17)18/h12-14,19H,4-11H2,1-3H3. The van der Waals surface area contributed by atoms with Crippen LogP contribution in [0.25, 0.3) is 0 Å². The van der Waals surface area contributed by atoms with Gasteiger partial charge in [-0.1, -0.05) is 13.8 Å². The first kappa shape index (κ1) is 17.8. The molecular weight excluding hydrogens is 265 g/mol. The summed E-state index contributed by atoms with van der Waals surface area (Å²) in [5.74, 6) is -0.486. The van der Waals surface area contributed by atoms with E-state index in [1.807, 2.05) is 4.90 Å². The number of hydrogen-bond donors (Lipinski definition) is 1. The molecule has 0 aliphatic carbocycles. The van der Waals surface area contributed by atoms with Crippen molar-refractivity contribution in [2.45, 2.75) is 58.7 Å². The van der Waals surface area contributed by atoms with E-state index in [9.17, 15) is 13.2 Å². The molecule has 120 valence electrons. The quantitative estimate of drug-likeness (QED) is 0.721. The summed E-state index contributed by atoms with van der Waals surface area (Å²) >= 11 is 0. The van der Waals surface area contributed by atoms with E-state index in [0.29, 0.717) is 18.8 Å². The highest BCUT2D eigenvalue weighted by molar-refractivity contribution is 4.81. The smallest absolute Gasteiger partial charge is 0.316 e. The van der Waals surface area contributed by atoms with E-state index in [1.54, 1.807) is 0 Å². The molecule has 1 aliphatic heterocycles. The highest BCUT2D eigenvalue weighted by atomic mass is 19.4. The first-order valence-corrected chi connectivity index (χ1v) is 7.82. The molecule has 0 saturated carbocycles. The van der Waals surface area contributed by atoms with Gasteiger partial charge in [-0.15, -0.1) is 0 Å². The van der Waals surface area contributed by atoms with Crippen molar-refractivity contribution in [1.82, 2.24) is 10.2 Å². The summed E-state index contributed by atoms with van der Waals surface area (Å²) in [7, 11) is 0. The second kappa shape index (κ2) is 8.23. The molecule has 0 aromatic rings. The topological polar surface area (TPSA) is 15.3 Å². The molecule has 2 atom stereocenters. The van der Waals surface area contributed by atoms with Gasteiger partial charge < -0.3 is 10.2 Å². The third-order valence-corrected chi connectivity index (χ3v) is 4.07. The SMILES string of the molecule is CC(C)CNCCCC(C)N1CCCC(C(F)(F)F)C1. The Kier molecular flexibility index (Phi) is 7.30. The van der Waals surface area contributed by atoms with Crippen LogP contribution in [0, 0.1) is 11.8 Å². The van der Waals surface area contributed by atoms with E-state index in [0.717, 1.165) is 32.5 Å². The van der Waals surface area contributed by atoms with E-state index in [2.05, 4.69) is 26.1 Å². The minimum Gasteiger partial charge on any atom is -0.316 e. The fraction of sp³-hybridized carbons (Fsp3) is 1.00. The summed E-state index contributed by atoms with van der Waals surface area (Å²) < 4.78 is 38.3. The summed E-state index contributed by atoms with van der Waals surface area (Å²) in [6.07, 6.45) is -1.07. The van der Waals surface area contributed by atoms with Gasteiger partial charge in [0.05, 0.1) is 5.92 Å². The Bertz CT molecular complexity index is 266. The molecule has 0 aromatic heterocycles. The van der Waals surface area contributed by atoms with Gasteiger partial charge in [-0.3, -0.25) is 0 Å². The third-order valence-electron chi connectivity index (χ3n) is 4.07. The number of rotatable bonds is 7. The molecule has 0 bridgehead atoms. The lowest BCUT2D eigenvalue weighted by molar-refractivity contribution is -0.188. The summed E-state index contributed by atoms with van der Waals surface area (Å²) in [6.45, 7) is 9.35. The number of likely N-dealkylation sites (tertiary alicyclic amines) is 1. The van der Waals surface area contributed by atoms with Crippen molar-refractivity contribution in [3.8, 4) is 0 Å². The average molecular weight is 294 g/mol. The molecule has 1 heterocycles. The number of alkyl halides is 3.